The Bertz CT molecular complexity index is 1030. The predicted octanol–water partition coefficient (Wildman–Crippen LogP) is 2.91. The van der Waals surface area contributed by atoms with Crippen molar-refractivity contribution in [2.45, 2.75) is 12.8 Å². The normalized spacial score (nSPS) is 14.0. The first kappa shape index (κ1) is 23.7. The lowest BCUT2D eigenvalue weighted by atomic mass is 9.97. The van der Waals surface area contributed by atoms with Crippen molar-refractivity contribution >= 4 is 35.5 Å². The maximum Gasteiger partial charge on any atom is 0.339 e. The molecule has 2 amide bonds. The molecule has 0 aromatic heterocycles. The summed E-state index contributed by atoms with van der Waals surface area (Å²) in [4.78, 5) is 50.4. The van der Waals surface area contributed by atoms with Crippen LogP contribution in [0.25, 0.3) is 6.08 Å². The summed E-state index contributed by atoms with van der Waals surface area (Å²) in [7, 11) is 1.25. The van der Waals surface area contributed by atoms with Crippen LogP contribution in [0, 0.1) is 5.92 Å². The number of likely N-dealkylation sites (tertiary alicyclic amines) is 1. The number of anilines is 1. The van der Waals surface area contributed by atoms with Crippen molar-refractivity contribution in [2.75, 3.05) is 32.1 Å². The first-order chi connectivity index (χ1) is 16.0. The number of ether oxygens (including phenoxy) is 2. The highest BCUT2D eigenvalue weighted by molar-refractivity contribution is 6.01. The molecule has 1 saturated heterocycles. The second-order valence-electron chi connectivity index (χ2n) is 7.54. The van der Waals surface area contributed by atoms with Gasteiger partial charge in [0.1, 0.15) is 0 Å². The third-order valence-corrected chi connectivity index (χ3v) is 5.31. The molecule has 0 radical (unpaired) electrons. The third kappa shape index (κ3) is 6.77. The molecule has 1 heterocycles. The van der Waals surface area contributed by atoms with E-state index in [0.717, 1.165) is 5.56 Å². The van der Waals surface area contributed by atoms with Gasteiger partial charge in [0.2, 0.25) is 5.91 Å². The zero-order valence-electron chi connectivity index (χ0n) is 18.4. The van der Waals surface area contributed by atoms with Gasteiger partial charge in [0.05, 0.1) is 24.3 Å². The van der Waals surface area contributed by atoms with Gasteiger partial charge in [-0.25, -0.2) is 4.79 Å². The zero-order chi connectivity index (χ0) is 23.6. The fraction of sp³-hybridized carbons (Fsp3) is 0.280. The number of esters is 2. The number of hydrogen-bond acceptors (Lipinski definition) is 6. The van der Waals surface area contributed by atoms with Crippen LogP contribution in [0.5, 0.6) is 0 Å². The second kappa shape index (κ2) is 11.6. The standard InChI is InChI=1S/C25H26N2O6/c1-32-25(31)20-9-5-6-10-21(20)26-22(28)17-33-24(30)19-13-15-27(16-14-19)23(29)12-11-18-7-3-2-4-8-18/h2-12,19H,13-17H2,1H3,(H,26,28)/b12-11+. The lowest BCUT2D eigenvalue weighted by Gasteiger charge is -2.30. The van der Waals surface area contributed by atoms with Crippen molar-refractivity contribution in [1.82, 2.24) is 4.90 Å². The molecule has 1 aliphatic rings. The van der Waals surface area contributed by atoms with E-state index in [1.54, 1.807) is 29.2 Å². The average molecular weight is 450 g/mol. The van der Waals surface area contributed by atoms with Gasteiger partial charge in [-0.15, -0.1) is 0 Å². The summed E-state index contributed by atoms with van der Waals surface area (Å²) >= 11 is 0. The minimum Gasteiger partial charge on any atom is -0.465 e. The number of piperidine rings is 1. The molecule has 33 heavy (non-hydrogen) atoms. The van der Waals surface area contributed by atoms with Crippen LogP contribution in [0.15, 0.2) is 60.7 Å². The Hall–Kier alpha value is -3.94. The van der Waals surface area contributed by atoms with Crippen molar-refractivity contribution in [3.63, 3.8) is 0 Å². The molecular weight excluding hydrogens is 424 g/mol. The monoisotopic (exact) mass is 450 g/mol. The first-order valence-corrected chi connectivity index (χ1v) is 10.6. The number of carbonyl (C=O) groups is 4. The van der Waals surface area contributed by atoms with Gasteiger partial charge in [-0.3, -0.25) is 14.4 Å². The van der Waals surface area contributed by atoms with Gasteiger partial charge in [0.25, 0.3) is 5.91 Å². The van der Waals surface area contributed by atoms with Crippen molar-refractivity contribution in [2.24, 2.45) is 5.92 Å². The van der Waals surface area contributed by atoms with Crippen LogP contribution < -0.4 is 5.32 Å². The number of carbonyl (C=O) groups excluding carboxylic acids is 4. The average Bonchev–Trinajstić information content (AvgIpc) is 2.86. The largest absolute Gasteiger partial charge is 0.465 e. The molecule has 0 aliphatic carbocycles. The van der Waals surface area contributed by atoms with E-state index in [1.807, 2.05) is 30.3 Å². The number of hydrogen-bond donors (Lipinski definition) is 1. The van der Waals surface area contributed by atoms with E-state index < -0.39 is 24.5 Å². The molecule has 3 rings (SSSR count). The van der Waals surface area contributed by atoms with E-state index in [9.17, 15) is 19.2 Å². The van der Waals surface area contributed by atoms with Gasteiger partial charge >= 0.3 is 11.9 Å². The van der Waals surface area contributed by atoms with Gasteiger partial charge in [0.15, 0.2) is 6.61 Å². The second-order valence-corrected chi connectivity index (χ2v) is 7.54. The number of rotatable bonds is 7. The maximum absolute atomic E-state index is 12.4. The summed E-state index contributed by atoms with van der Waals surface area (Å²) in [5.41, 5.74) is 1.43. The molecule has 0 bridgehead atoms. The van der Waals surface area contributed by atoms with E-state index in [-0.39, 0.29) is 23.1 Å². The van der Waals surface area contributed by atoms with Crippen LogP contribution >= 0.6 is 0 Å². The molecule has 0 spiro atoms. The topological polar surface area (TPSA) is 102 Å². The fourth-order valence-corrected chi connectivity index (χ4v) is 3.49. The van der Waals surface area contributed by atoms with Crippen molar-refractivity contribution < 1.29 is 28.7 Å². The van der Waals surface area contributed by atoms with Gasteiger partial charge in [-0.1, -0.05) is 42.5 Å². The van der Waals surface area contributed by atoms with Crippen LogP contribution in [-0.4, -0.2) is 55.5 Å². The van der Waals surface area contributed by atoms with Crippen LogP contribution in [-0.2, 0) is 23.9 Å². The highest BCUT2D eigenvalue weighted by atomic mass is 16.5. The first-order valence-electron chi connectivity index (χ1n) is 10.6. The van der Waals surface area contributed by atoms with E-state index >= 15 is 0 Å². The zero-order valence-corrected chi connectivity index (χ0v) is 18.4. The molecule has 0 atom stereocenters. The summed E-state index contributed by atoms with van der Waals surface area (Å²) in [6, 6.07) is 15.9. The Labute approximate surface area is 192 Å². The summed E-state index contributed by atoms with van der Waals surface area (Å²) in [5.74, 6) is -2.09. The van der Waals surface area contributed by atoms with Crippen LogP contribution in [0.2, 0.25) is 0 Å². The number of amides is 2. The highest BCUT2D eigenvalue weighted by Gasteiger charge is 2.28. The van der Waals surface area contributed by atoms with E-state index in [1.165, 1.54) is 19.3 Å². The predicted molar refractivity (Wildman–Crippen MR) is 122 cm³/mol. The molecule has 8 heteroatoms. The lowest BCUT2D eigenvalue weighted by molar-refractivity contribution is -0.153. The molecule has 0 unspecified atom stereocenters. The van der Waals surface area contributed by atoms with Crippen LogP contribution in [0.4, 0.5) is 5.69 Å². The Morgan fingerprint density at radius 3 is 2.36 bits per heavy atom. The molecule has 8 nitrogen and oxygen atoms in total. The summed E-state index contributed by atoms with van der Waals surface area (Å²) < 4.78 is 9.85. The fourth-order valence-electron chi connectivity index (χ4n) is 3.49. The summed E-state index contributed by atoms with van der Waals surface area (Å²) in [6.45, 7) is 0.417. The van der Waals surface area contributed by atoms with E-state index in [0.29, 0.717) is 25.9 Å². The maximum atomic E-state index is 12.4. The van der Waals surface area contributed by atoms with Gasteiger partial charge in [-0.05, 0) is 36.6 Å². The molecule has 0 saturated carbocycles. The quantitative estimate of drug-likeness (QED) is 0.514. The Balaban J connectivity index is 1.43. The van der Waals surface area contributed by atoms with Gasteiger partial charge in [0, 0.05) is 19.2 Å². The number of nitrogens with zero attached hydrogens (tertiary/aromatic N) is 1. The molecule has 2 aromatic carbocycles. The lowest BCUT2D eigenvalue weighted by Crippen LogP contribution is -2.40. The molecule has 1 aliphatic heterocycles. The SMILES string of the molecule is COC(=O)c1ccccc1NC(=O)COC(=O)C1CCN(C(=O)/C=C/c2ccccc2)CC1. The van der Waals surface area contributed by atoms with Gasteiger partial charge in [-0.2, -0.15) is 0 Å². The smallest absolute Gasteiger partial charge is 0.339 e. The Morgan fingerprint density at radius 2 is 1.67 bits per heavy atom. The summed E-state index contributed by atoms with van der Waals surface area (Å²) in [5, 5.41) is 2.56. The molecule has 1 N–H and O–H groups in total. The molecule has 2 aromatic rings. The minimum atomic E-state index is -0.581. The molecular formula is C25H26N2O6. The number of benzene rings is 2. The van der Waals surface area contributed by atoms with Gasteiger partial charge < -0.3 is 19.7 Å². The molecule has 1 fully saturated rings. The number of nitrogens with one attached hydrogen (secondary N) is 1. The van der Waals surface area contributed by atoms with Crippen molar-refractivity contribution in [3.8, 4) is 0 Å². The third-order valence-electron chi connectivity index (χ3n) is 5.31. The van der Waals surface area contributed by atoms with Crippen LogP contribution in [0.3, 0.4) is 0 Å². The number of methoxy groups -OCH3 is 1. The molecule has 172 valence electrons. The van der Waals surface area contributed by atoms with E-state index in [2.05, 4.69) is 5.32 Å². The van der Waals surface area contributed by atoms with Crippen molar-refractivity contribution in [3.05, 3.63) is 71.8 Å². The van der Waals surface area contributed by atoms with Crippen molar-refractivity contribution in [1.29, 1.82) is 0 Å². The minimum absolute atomic E-state index is 0.102. The Morgan fingerprint density at radius 1 is 1.00 bits per heavy atom. The van der Waals surface area contributed by atoms with E-state index in [4.69, 9.17) is 9.47 Å². The Kier molecular flexibility index (Phi) is 8.35. The highest BCUT2D eigenvalue weighted by Crippen LogP contribution is 2.20. The summed E-state index contributed by atoms with van der Waals surface area (Å²) in [6.07, 6.45) is 4.23. The number of para-hydroxylation sites is 1. The van der Waals surface area contributed by atoms with Crippen LogP contribution in [0.1, 0.15) is 28.8 Å².